The van der Waals surface area contributed by atoms with Crippen LogP contribution in [0.3, 0.4) is 0 Å². The van der Waals surface area contributed by atoms with Crippen molar-refractivity contribution in [3.05, 3.63) is 40.4 Å². The van der Waals surface area contributed by atoms with Crippen molar-refractivity contribution < 1.29 is 0 Å². The molecule has 23 heavy (non-hydrogen) atoms. The zero-order valence-electron chi connectivity index (χ0n) is 14.6. The van der Waals surface area contributed by atoms with E-state index in [2.05, 4.69) is 61.0 Å². The Hall–Kier alpha value is -2.23. The van der Waals surface area contributed by atoms with E-state index in [1.54, 1.807) is 0 Å². The van der Waals surface area contributed by atoms with Crippen LogP contribution < -0.4 is 5.32 Å². The van der Waals surface area contributed by atoms with Crippen molar-refractivity contribution in [2.75, 3.05) is 18.4 Å². The van der Waals surface area contributed by atoms with Crippen LogP contribution in [-0.4, -0.2) is 29.5 Å². The van der Waals surface area contributed by atoms with Crippen molar-refractivity contribution in [1.29, 1.82) is 0 Å². The maximum atomic E-state index is 4.69. The molecule has 0 amide bonds. The van der Waals surface area contributed by atoms with Crippen molar-refractivity contribution in [3.63, 3.8) is 0 Å². The van der Waals surface area contributed by atoms with Crippen molar-refractivity contribution in [3.8, 4) is 0 Å². The molecule has 0 saturated carbocycles. The lowest BCUT2D eigenvalue weighted by atomic mass is 9.99. The highest BCUT2D eigenvalue weighted by atomic mass is 15.0. The highest BCUT2D eigenvalue weighted by molar-refractivity contribution is 6.25. The van der Waals surface area contributed by atoms with Gasteiger partial charge in [0, 0.05) is 23.0 Å². The molecule has 0 bridgehead atoms. The molecule has 4 nitrogen and oxygen atoms in total. The van der Waals surface area contributed by atoms with E-state index in [0.29, 0.717) is 0 Å². The van der Waals surface area contributed by atoms with Gasteiger partial charge in [0.25, 0.3) is 0 Å². The van der Waals surface area contributed by atoms with Crippen LogP contribution in [0.5, 0.6) is 0 Å². The first kappa shape index (κ1) is 15.7. The van der Waals surface area contributed by atoms with Gasteiger partial charge in [0.1, 0.15) is 0 Å². The number of pyridine rings is 1. The molecule has 0 aliphatic carbocycles. The topological polar surface area (TPSA) is 49.6 Å². The van der Waals surface area contributed by atoms with Gasteiger partial charge < -0.3 is 5.32 Å². The first-order chi connectivity index (χ1) is 11.0. The number of rotatable bonds is 4. The van der Waals surface area contributed by atoms with Gasteiger partial charge >= 0.3 is 0 Å². The van der Waals surface area contributed by atoms with Crippen LogP contribution in [-0.2, 0) is 6.42 Å². The highest BCUT2D eigenvalue weighted by Gasteiger charge is 2.18. The Morgan fingerprint density at radius 3 is 2.26 bits per heavy atom. The lowest BCUT2D eigenvalue weighted by Crippen LogP contribution is -2.10. The zero-order chi connectivity index (χ0) is 16.6. The summed E-state index contributed by atoms with van der Waals surface area (Å²) in [5, 5.41) is 3.58. The summed E-state index contributed by atoms with van der Waals surface area (Å²) in [6.45, 7) is 12.1. The number of nitrogens with zero attached hydrogens (tertiary/aromatic N) is 3. The number of aliphatic imine (C=N–C) groups is 2. The number of hydrogen-bond donors (Lipinski definition) is 1. The molecule has 0 fully saturated rings. The quantitative estimate of drug-likeness (QED) is 0.912. The predicted molar refractivity (Wildman–Crippen MR) is 98.5 cm³/mol. The van der Waals surface area contributed by atoms with Crippen molar-refractivity contribution in [2.45, 2.75) is 41.0 Å². The van der Waals surface area contributed by atoms with Crippen LogP contribution in [0.2, 0.25) is 0 Å². The molecule has 2 aliphatic heterocycles. The van der Waals surface area contributed by atoms with E-state index in [1.807, 2.05) is 6.20 Å². The molecule has 0 unspecified atom stereocenters. The third-order valence-electron chi connectivity index (χ3n) is 4.54. The molecule has 0 radical (unpaired) electrons. The van der Waals surface area contributed by atoms with Gasteiger partial charge in [-0.25, -0.2) is 0 Å². The van der Waals surface area contributed by atoms with Crippen molar-refractivity contribution in [1.82, 2.24) is 4.98 Å². The molecule has 1 aromatic rings. The number of nitrogens with one attached hydrogen (secondary N) is 1. The van der Waals surface area contributed by atoms with Crippen LogP contribution in [0.1, 0.15) is 45.9 Å². The highest BCUT2D eigenvalue weighted by Crippen LogP contribution is 2.29. The molecule has 0 spiro atoms. The predicted octanol–water partition coefficient (Wildman–Crippen LogP) is 4.05. The molecule has 1 N–H and O–H groups in total. The first-order valence-corrected chi connectivity index (χ1v) is 8.20. The summed E-state index contributed by atoms with van der Waals surface area (Å²) in [6, 6.07) is 2.21. The van der Waals surface area contributed by atoms with Gasteiger partial charge in [0.05, 0.1) is 35.9 Å². The Morgan fingerprint density at radius 1 is 1.00 bits per heavy atom. The Balaban J connectivity index is 2.01. The minimum Gasteiger partial charge on any atom is -0.353 e. The molecule has 0 aromatic carbocycles. The molecule has 4 heteroatoms. The van der Waals surface area contributed by atoms with Gasteiger partial charge in [-0.05, 0) is 51.3 Å². The van der Waals surface area contributed by atoms with E-state index in [0.717, 1.165) is 53.6 Å². The first-order valence-electron chi connectivity index (χ1n) is 8.20. The summed E-state index contributed by atoms with van der Waals surface area (Å²) in [5.74, 6) is 0. The summed E-state index contributed by atoms with van der Waals surface area (Å²) in [5.41, 5.74) is 10.5. The van der Waals surface area contributed by atoms with Crippen LogP contribution in [0.4, 0.5) is 5.69 Å². The standard InChI is InChI=1S/C19H24N4/c1-6-16-17(23-19-12(3)9-21-14(19)5)7-15(10-22-16)18-11(2)8-20-13(18)4/h7,10,23H,6,8-9H2,1-5H3. The summed E-state index contributed by atoms with van der Waals surface area (Å²) in [7, 11) is 0. The van der Waals surface area contributed by atoms with Crippen LogP contribution in [0.25, 0.3) is 5.57 Å². The normalized spacial score (nSPS) is 17.8. The summed E-state index contributed by atoms with van der Waals surface area (Å²) in [6.07, 6.45) is 2.88. The molecule has 2 aliphatic rings. The molecular formula is C19H24N4. The van der Waals surface area contributed by atoms with Crippen LogP contribution >= 0.6 is 0 Å². The number of anilines is 1. The van der Waals surface area contributed by atoms with E-state index in [4.69, 9.17) is 0 Å². The van der Waals surface area contributed by atoms with E-state index < -0.39 is 0 Å². The third-order valence-corrected chi connectivity index (χ3v) is 4.54. The SMILES string of the molecule is CCc1ncc(C2=C(C)CN=C2C)cc1NC1=C(C)CN=C1C. The lowest BCUT2D eigenvalue weighted by Gasteiger charge is -2.15. The number of allylic oxidation sites excluding steroid dienone is 2. The van der Waals surface area contributed by atoms with Gasteiger partial charge in [-0.2, -0.15) is 0 Å². The molecule has 0 atom stereocenters. The second-order valence-corrected chi connectivity index (χ2v) is 6.31. The number of hydrogen-bond acceptors (Lipinski definition) is 4. The van der Waals surface area contributed by atoms with Crippen LogP contribution in [0, 0.1) is 0 Å². The van der Waals surface area contributed by atoms with E-state index in [-0.39, 0.29) is 0 Å². The fraction of sp³-hybridized carbons (Fsp3) is 0.421. The lowest BCUT2D eigenvalue weighted by molar-refractivity contribution is 1.03. The Kier molecular flexibility index (Phi) is 4.16. The molecule has 120 valence electrons. The van der Waals surface area contributed by atoms with Crippen molar-refractivity contribution in [2.24, 2.45) is 9.98 Å². The number of aromatic nitrogens is 1. The maximum absolute atomic E-state index is 4.69. The van der Waals surface area contributed by atoms with Gasteiger partial charge in [0.2, 0.25) is 0 Å². The van der Waals surface area contributed by atoms with Crippen LogP contribution in [0.15, 0.2) is 39.1 Å². The molecule has 3 rings (SSSR count). The Bertz CT molecular complexity index is 779. The van der Waals surface area contributed by atoms with E-state index in [1.165, 1.54) is 16.7 Å². The minimum atomic E-state index is 0.790. The van der Waals surface area contributed by atoms with Gasteiger partial charge in [-0.3, -0.25) is 15.0 Å². The fourth-order valence-corrected chi connectivity index (χ4v) is 3.22. The third kappa shape index (κ3) is 2.85. The van der Waals surface area contributed by atoms with E-state index >= 15 is 0 Å². The average molecular weight is 308 g/mol. The van der Waals surface area contributed by atoms with E-state index in [9.17, 15) is 0 Å². The monoisotopic (exact) mass is 308 g/mol. The van der Waals surface area contributed by atoms with Crippen molar-refractivity contribution >= 4 is 22.7 Å². The van der Waals surface area contributed by atoms with Gasteiger partial charge in [0.15, 0.2) is 0 Å². The Labute approximate surface area is 138 Å². The number of aryl methyl sites for hydroxylation is 1. The second kappa shape index (κ2) is 6.11. The van der Waals surface area contributed by atoms with Gasteiger partial charge in [-0.15, -0.1) is 0 Å². The summed E-state index contributed by atoms with van der Waals surface area (Å²) in [4.78, 5) is 13.7. The van der Waals surface area contributed by atoms with Gasteiger partial charge in [-0.1, -0.05) is 6.92 Å². The molecular weight excluding hydrogens is 284 g/mol. The maximum Gasteiger partial charge on any atom is 0.0635 e. The zero-order valence-corrected chi connectivity index (χ0v) is 14.6. The summed E-state index contributed by atoms with van der Waals surface area (Å²) >= 11 is 0. The molecule has 1 aromatic heterocycles. The molecule has 3 heterocycles. The molecule has 0 saturated heterocycles. The smallest absolute Gasteiger partial charge is 0.0635 e. The summed E-state index contributed by atoms with van der Waals surface area (Å²) < 4.78 is 0. The minimum absolute atomic E-state index is 0.790. The second-order valence-electron chi connectivity index (χ2n) is 6.31. The average Bonchev–Trinajstić information content (AvgIpc) is 3.03. The fourth-order valence-electron chi connectivity index (χ4n) is 3.22. The Morgan fingerprint density at radius 2 is 1.70 bits per heavy atom. The largest absolute Gasteiger partial charge is 0.353 e.